The molecule has 4 nitrogen and oxygen atoms in total. The number of hydrogen-bond donors (Lipinski definition) is 0. The number of aromatic nitrogens is 3. The molecule has 0 unspecified atom stereocenters. The van der Waals surface area contributed by atoms with Gasteiger partial charge in [-0.15, -0.1) is 0 Å². The van der Waals surface area contributed by atoms with Crippen LogP contribution in [0, 0.1) is 49.4 Å². The van der Waals surface area contributed by atoms with Gasteiger partial charge in [-0.25, -0.2) is 4.98 Å². The van der Waals surface area contributed by atoms with Gasteiger partial charge in [0.1, 0.15) is 11.3 Å². The first kappa shape index (κ1) is 40.9. The Bertz CT molecular complexity index is 2880. The highest BCUT2D eigenvalue weighted by Crippen LogP contribution is 2.45. The van der Waals surface area contributed by atoms with E-state index in [1.54, 1.807) is 0 Å². The highest BCUT2D eigenvalue weighted by molar-refractivity contribution is 6.16. The van der Waals surface area contributed by atoms with E-state index in [9.17, 15) is 0 Å². The van der Waals surface area contributed by atoms with Crippen LogP contribution in [0.4, 0.5) is 0 Å². The normalized spacial score (nSPS) is 13.4. The maximum Gasteiger partial charge on any atom is 0.220 e. The lowest BCUT2D eigenvalue weighted by Crippen LogP contribution is -2.14. The summed E-state index contributed by atoms with van der Waals surface area (Å²) >= 11 is 0. The minimum Gasteiger partial charge on any atom is -0.458 e. The molecule has 0 spiro atoms. The molecular weight excluding hydrogens is 719 g/mol. The van der Waals surface area contributed by atoms with Crippen LogP contribution in [0.5, 0.6) is 0 Å². The Morgan fingerprint density at radius 3 is 1.58 bits per heavy atom. The average molecular weight is 786 g/mol. The van der Waals surface area contributed by atoms with Crippen molar-refractivity contribution in [2.45, 2.75) is 136 Å². The predicted molar refractivity (Wildman–Crippen MR) is 253 cm³/mol. The number of hydrogen-bond acceptors (Lipinski definition) is 2. The predicted octanol–water partition coefficient (Wildman–Crippen LogP) is 15.6. The highest BCUT2D eigenvalue weighted by atomic mass is 16.3. The van der Waals surface area contributed by atoms with Gasteiger partial charge in [-0.2, -0.15) is 0 Å². The van der Waals surface area contributed by atoms with Crippen LogP contribution in [-0.4, -0.2) is 13.8 Å². The summed E-state index contributed by atoms with van der Waals surface area (Å²) in [4.78, 5) is 5.86. The minimum absolute atomic E-state index is 0.0920. The maximum absolute atomic E-state index is 6.66. The van der Waals surface area contributed by atoms with Crippen molar-refractivity contribution in [1.82, 2.24) is 13.8 Å². The van der Waals surface area contributed by atoms with Crippen molar-refractivity contribution >= 4 is 44.2 Å². The fraction of sp³-hybridized carbons (Fsp3) is 0.436. The van der Waals surface area contributed by atoms with Crippen molar-refractivity contribution in [3.8, 4) is 22.3 Å². The Balaban J connectivity index is 1.65. The third-order valence-corrected chi connectivity index (χ3v) is 11.9. The molecule has 4 heteroatoms. The third kappa shape index (κ3) is 7.62. The van der Waals surface area contributed by atoms with Crippen molar-refractivity contribution in [2.24, 2.45) is 21.7 Å². The standard InChI is InChI=1S/C55H67N3O/c1-32-23-40-25-33(2)50-49-47(40)43(24-32)58-44-27-41(45-36(28-52(5,6)7)19-17-20-37(45)29-53(8,9)10)26-42(48(44)56-51(58)57(49)34(3)35(4)59-50)46-38(30-54(11,12)13)21-18-22-39(46)31-55(14,15)16/h17-27H,28-31H2,1-16H3. The molecule has 5 aromatic carbocycles. The summed E-state index contributed by atoms with van der Waals surface area (Å²) < 4.78 is 11.5. The van der Waals surface area contributed by atoms with Crippen molar-refractivity contribution in [3.63, 3.8) is 0 Å². The van der Waals surface area contributed by atoms with E-state index in [2.05, 4.69) is 186 Å². The Morgan fingerprint density at radius 2 is 1.07 bits per heavy atom. The quantitative estimate of drug-likeness (QED) is 0.157. The maximum atomic E-state index is 6.66. The second kappa shape index (κ2) is 13.9. The van der Waals surface area contributed by atoms with Crippen molar-refractivity contribution < 1.29 is 4.42 Å². The Morgan fingerprint density at radius 1 is 0.559 bits per heavy atom. The summed E-state index contributed by atoms with van der Waals surface area (Å²) in [6.45, 7) is 37.1. The van der Waals surface area contributed by atoms with Crippen LogP contribution in [0.1, 0.15) is 128 Å². The summed E-state index contributed by atoms with van der Waals surface area (Å²) in [6.07, 6.45) is 3.90. The molecule has 8 aromatic rings. The Labute approximate surface area is 353 Å². The first-order chi connectivity index (χ1) is 27.4. The van der Waals surface area contributed by atoms with Gasteiger partial charge in [0.25, 0.3) is 0 Å². The van der Waals surface area contributed by atoms with Crippen LogP contribution in [0.3, 0.4) is 0 Å². The smallest absolute Gasteiger partial charge is 0.220 e. The van der Waals surface area contributed by atoms with E-state index in [-0.39, 0.29) is 21.7 Å². The fourth-order valence-electron chi connectivity index (χ4n) is 9.87. The number of benzene rings is 5. The second-order valence-electron chi connectivity index (χ2n) is 22.8. The van der Waals surface area contributed by atoms with Crippen molar-refractivity contribution in [1.29, 1.82) is 0 Å². The summed E-state index contributed by atoms with van der Waals surface area (Å²) in [7, 11) is 0. The largest absolute Gasteiger partial charge is 0.458 e. The Hall–Kier alpha value is -4.83. The van der Waals surface area contributed by atoms with E-state index in [1.807, 2.05) is 0 Å². The molecular formula is C55H67N3O. The highest BCUT2D eigenvalue weighted by Gasteiger charge is 2.29. The van der Waals surface area contributed by atoms with Crippen molar-refractivity contribution in [2.75, 3.05) is 0 Å². The van der Waals surface area contributed by atoms with E-state index < -0.39 is 0 Å². The number of rotatable bonds is 6. The number of aryl methyl sites for hydroxylation is 4. The first-order valence-corrected chi connectivity index (χ1v) is 21.9. The molecule has 0 aliphatic carbocycles. The molecule has 0 aliphatic heterocycles. The lowest BCUT2D eigenvalue weighted by atomic mass is 9.77. The van der Waals surface area contributed by atoms with Crippen LogP contribution in [-0.2, 0) is 25.7 Å². The zero-order chi connectivity index (χ0) is 42.7. The van der Waals surface area contributed by atoms with Crippen LogP contribution < -0.4 is 0 Å². The lowest BCUT2D eigenvalue weighted by Gasteiger charge is -2.27. The molecule has 0 amide bonds. The Kier molecular flexibility index (Phi) is 9.62. The zero-order valence-electron chi connectivity index (χ0n) is 38.9. The topological polar surface area (TPSA) is 34.9 Å². The van der Waals surface area contributed by atoms with Crippen LogP contribution in [0.15, 0.2) is 71.1 Å². The summed E-state index contributed by atoms with van der Waals surface area (Å²) in [6, 6.07) is 26.1. The van der Waals surface area contributed by atoms with Crippen LogP contribution >= 0.6 is 0 Å². The van der Waals surface area contributed by atoms with E-state index in [1.165, 1.54) is 66.4 Å². The van der Waals surface area contributed by atoms with Crippen LogP contribution in [0.2, 0.25) is 0 Å². The molecule has 0 fully saturated rings. The zero-order valence-corrected chi connectivity index (χ0v) is 38.9. The molecule has 3 aromatic heterocycles. The molecule has 0 atom stereocenters. The van der Waals surface area contributed by atoms with Gasteiger partial charge in [0.15, 0.2) is 5.58 Å². The van der Waals surface area contributed by atoms with E-state index in [4.69, 9.17) is 9.40 Å². The second-order valence-corrected chi connectivity index (χ2v) is 22.8. The molecule has 0 saturated carbocycles. The lowest BCUT2D eigenvalue weighted by molar-refractivity contribution is 0.406. The summed E-state index contributed by atoms with van der Waals surface area (Å²) in [5.41, 5.74) is 20.0. The molecule has 0 saturated heterocycles. The molecule has 0 aliphatic rings. The monoisotopic (exact) mass is 786 g/mol. The molecule has 59 heavy (non-hydrogen) atoms. The van der Waals surface area contributed by atoms with Crippen molar-refractivity contribution in [3.05, 3.63) is 112 Å². The number of nitrogens with zero attached hydrogens (tertiary/aromatic N) is 3. The minimum atomic E-state index is 0.0920. The van der Waals surface area contributed by atoms with Gasteiger partial charge in [-0.05, 0) is 155 Å². The third-order valence-electron chi connectivity index (χ3n) is 11.9. The molecule has 0 bridgehead atoms. The van der Waals surface area contributed by atoms with Crippen LogP contribution in [0.25, 0.3) is 66.5 Å². The van der Waals surface area contributed by atoms with Gasteiger partial charge in [-0.3, -0.25) is 8.80 Å². The number of fused-ring (bicyclic) bond motifs is 5. The average Bonchev–Trinajstić information content (AvgIpc) is 3.46. The number of imidazole rings is 1. The summed E-state index contributed by atoms with van der Waals surface area (Å²) in [5.74, 6) is 1.83. The van der Waals surface area contributed by atoms with E-state index in [0.717, 1.165) is 70.6 Å². The molecule has 0 radical (unpaired) electrons. The van der Waals surface area contributed by atoms with Gasteiger partial charge >= 0.3 is 0 Å². The molecule has 3 heterocycles. The van der Waals surface area contributed by atoms with Gasteiger partial charge < -0.3 is 4.42 Å². The van der Waals surface area contributed by atoms with Gasteiger partial charge in [0, 0.05) is 10.9 Å². The van der Waals surface area contributed by atoms with E-state index >= 15 is 0 Å². The van der Waals surface area contributed by atoms with Gasteiger partial charge in [-0.1, -0.05) is 126 Å². The van der Waals surface area contributed by atoms with E-state index in [0.29, 0.717) is 0 Å². The first-order valence-electron chi connectivity index (χ1n) is 21.9. The summed E-state index contributed by atoms with van der Waals surface area (Å²) in [5, 5.41) is 2.44. The molecule has 308 valence electrons. The molecule has 0 N–H and O–H groups in total. The molecule has 8 rings (SSSR count). The SMILES string of the molecule is Cc1cc2cc(C)c3oc(C)c(C)n4c3c2c(c1)n1c2cc(-c3c(CC(C)(C)C)cccc3CC(C)(C)C)cc(-c3c(CC(C)(C)C)cccc3CC(C)(C)C)c2nc41. The fourth-order valence-corrected chi connectivity index (χ4v) is 9.87. The van der Waals surface area contributed by atoms with Gasteiger partial charge in [0.2, 0.25) is 5.78 Å². The van der Waals surface area contributed by atoms with Gasteiger partial charge in [0.05, 0.1) is 22.2 Å².